The van der Waals surface area contributed by atoms with Crippen LogP contribution in [-0.2, 0) is 0 Å². The van der Waals surface area contributed by atoms with Gasteiger partial charge in [-0.05, 0) is 6.42 Å². The molecule has 0 bridgehead atoms. The third-order valence-corrected chi connectivity index (χ3v) is 2.01. The van der Waals surface area contributed by atoms with Gasteiger partial charge in [-0.25, -0.2) is 0 Å². The molecule has 0 saturated heterocycles. The SMILES string of the molecule is CCCCCCCCCCO.[H-].[K+]. The normalized spacial score (nSPS) is 9.50. The number of unbranched alkanes of at least 4 members (excludes halogenated alkanes) is 7. The molecule has 0 saturated carbocycles. The maximum atomic E-state index is 8.51. The van der Waals surface area contributed by atoms with Crippen molar-refractivity contribution in [1.29, 1.82) is 0 Å². The van der Waals surface area contributed by atoms with Crippen molar-refractivity contribution in [3.8, 4) is 0 Å². The molecule has 0 unspecified atom stereocenters. The van der Waals surface area contributed by atoms with E-state index in [9.17, 15) is 0 Å². The fourth-order valence-electron chi connectivity index (χ4n) is 1.25. The van der Waals surface area contributed by atoms with Crippen LogP contribution in [0.1, 0.15) is 59.7 Å². The van der Waals surface area contributed by atoms with Crippen LogP contribution in [0.3, 0.4) is 0 Å². The van der Waals surface area contributed by atoms with Gasteiger partial charge >= 0.3 is 51.4 Å². The molecule has 12 heavy (non-hydrogen) atoms. The summed E-state index contributed by atoms with van der Waals surface area (Å²) in [5.41, 5.74) is 0. The van der Waals surface area contributed by atoms with Gasteiger partial charge in [0.15, 0.2) is 0 Å². The van der Waals surface area contributed by atoms with Gasteiger partial charge in [-0.3, -0.25) is 0 Å². The molecule has 0 aromatic heterocycles. The summed E-state index contributed by atoms with van der Waals surface area (Å²) in [6, 6.07) is 0. The van der Waals surface area contributed by atoms with Crippen LogP contribution in [0.5, 0.6) is 0 Å². The molecule has 1 nitrogen and oxygen atoms in total. The molecule has 2 heteroatoms. The molecule has 0 spiro atoms. The zero-order valence-electron chi connectivity index (χ0n) is 9.81. The standard InChI is InChI=1S/C10H22O.K.H/c1-2-3-4-5-6-7-8-9-10-11;;/h11H,2-10H2,1H3;;/q;+1;-1. The van der Waals surface area contributed by atoms with Gasteiger partial charge in [0.25, 0.3) is 0 Å². The molecule has 0 fully saturated rings. The molecular formula is C10H23KO. The van der Waals surface area contributed by atoms with Crippen LogP contribution in [0.15, 0.2) is 0 Å². The maximum Gasteiger partial charge on any atom is 1.00 e. The molecule has 0 aliphatic carbocycles. The Morgan fingerprint density at radius 1 is 0.833 bits per heavy atom. The summed E-state index contributed by atoms with van der Waals surface area (Å²) >= 11 is 0. The third kappa shape index (κ3) is 14.1. The maximum absolute atomic E-state index is 8.51. The van der Waals surface area contributed by atoms with E-state index in [1.54, 1.807) is 0 Å². The van der Waals surface area contributed by atoms with Gasteiger partial charge in [-0.1, -0.05) is 51.9 Å². The Labute approximate surface area is 121 Å². The van der Waals surface area contributed by atoms with Crippen molar-refractivity contribution in [2.75, 3.05) is 6.61 Å². The van der Waals surface area contributed by atoms with E-state index < -0.39 is 0 Å². The monoisotopic (exact) mass is 198 g/mol. The van der Waals surface area contributed by atoms with E-state index in [1.807, 2.05) is 0 Å². The van der Waals surface area contributed by atoms with Crippen molar-refractivity contribution in [3.05, 3.63) is 0 Å². The van der Waals surface area contributed by atoms with Gasteiger partial charge in [-0.2, -0.15) is 0 Å². The van der Waals surface area contributed by atoms with E-state index in [0.717, 1.165) is 6.42 Å². The van der Waals surface area contributed by atoms with Crippen molar-refractivity contribution in [1.82, 2.24) is 0 Å². The first-order chi connectivity index (χ1) is 5.41. The molecule has 0 atom stereocenters. The Morgan fingerprint density at radius 3 is 1.67 bits per heavy atom. The second-order valence-corrected chi connectivity index (χ2v) is 3.20. The second-order valence-electron chi connectivity index (χ2n) is 3.20. The first kappa shape index (κ1) is 16.0. The van der Waals surface area contributed by atoms with Crippen molar-refractivity contribution >= 4 is 0 Å². The predicted octanol–water partition coefficient (Wildman–Crippen LogP) is 0.236. The van der Waals surface area contributed by atoms with Gasteiger partial charge in [0.1, 0.15) is 0 Å². The molecule has 0 aromatic carbocycles. The molecule has 0 amide bonds. The minimum absolute atomic E-state index is 0. The van der Waals surface area contributed by atoms with Crippen molar-refractivity contribution in [2.45, 2.75) is 58.3 Å². The molecular weight excluding hydrogens is 175 g/mol. The fourth-order valence-corrected chi connectivity index (χ4v) is 1.25. The van der Waals surface area contributed by atoms with E-state index >= 15 is 0 Å². The largest absolute Gasteiger partial charge is 1.00 e. The number of hydrogen-bond donors (Lipinski definition) is 1. The topological polar surface area (TPSA) is 20.2 Å². The summed E-state index contributed by atoms with van der Waals surface area (Å²) in [6.07, 6.45) is 10.4. The van der Waals surface area contributed by atoms with Crippen LogP contribution in [0.4, 0.5) is 0 Å². The number of hydrogen-bond acceptors (Lipinski definition) is 1. The van der Waals surface area contributed by atoms with Gasteiger partial charge in [-0.15, -0.1) is 0 Å². The Bertz CT molecular complexity index is 63.9. The summed E-state index contributed by atoms with van der Waals surface area (Å²) in [4.78, 5) is 0. The van der Waals surface area contributed by atoms with Gasteiger partial charge in [0.2, 0.25) is 0 Å². The van der Waals surface area contributed by atoms with Crippen molar-refractivity contribution in [2.24, 2.45) is 0 Å². The summed E-state index contributed by atoms with van der Waals surface area (Å²) in [5, 5.41) is 8.51. The summed E-state index contributed by atoms with van der Waals surface area (Å²) < 4.78 is 0. The van der Waals surface area contributed by atoms with Crippen LogP contribution >= 0.6 is 0 Å². The van der Waals surface area contributed by atoms with E-state index in [0.29, 0.717) is 6.61 Å². The second kappa shape index (κ2) is 15.1. The Hall–Kier alpha value is 1.60. The van der Waals surface area contributed by atoms with E-state index in [-0.39, 0.29) is 52.8 Å². The number of rotatable bonds is 8. The van der Waals surface area contributed by atoms with Crippen LogP contribution in [-0.4, -0.2) is 11.7 Å². The van der Waals surface area contributed by atoms with Crippen LogP contribution in [0.25, 0.3) is 0 Å². The van der Waals surface area contributed by atoms with Gasteiger partial charge in [0, 0.05) is 6.61 Å². The Balaban J connectivity index is -0.000000500. The third-order valence-electron chi connectivity index (χ3n) is 2.01. The number of aliphatic hydroxyl groups excluding tert-OH is 1. The Morgan fingerprint density at radius 2 is 1.25 bits per heavy atom. The van der Waals surface area contributed by atoms with Crippen molar-refractivity contribution in [3.63, 3.8) is 0 Å². The number of aliphatic hydroxyl groups is 1. The Kier molecular flexibility index (Phi) is 20.2. The zero-order valence-corrected chi connectivity index (χ0v) is 11.9. The smallest absolute Gasteiger partial charge is 1.00 e. The van der Waals surface area contributed by atoms with E-state index in [4.69, 9.17) is 5.11 Å². The summed E-state index contributed by atoms with van der Waals surface area (Å²) in [6.45, 7) is 2.61. The fraction of sp³-hybridized carbons (Fsp3) is 1.00. The summed E-state index contributed by atoms with van der Waals surface area (Å²) in [5.74, 6) is 0. The quantitative estimate of drug-likeness (QED) is 0.437. The summed E-state index contributed by atoms with van der Waals surface area (Å²) in [7, 11) is 0. The van der Waals surface area contributed by atoms with Crippen LogP contribution in [0.2, 0.25) is 0 Å². The minimum atomic E-state index is 0. The van der Waals surface area contributed by atoms with E-state index in [1.165, 1.54) is 44.9 Å². The zero-order chi connectivity index (χ0) is 8.36. The first-order valence-corrected chi connectivity index (χ1v) is 5.02. The van der Waals surface area contributed by atoms with Crippen molar-refractivity contribution < 1.29 is 57.9 Å². The van der Waals surface area contributed by atoms with Gasteiger partial charge < -0.3 is 6.53 Å². The molecule has 1 N–H and O–H groups in total. The van der Waals surface area contributed by atoms with Gasteiger partial charge in [0.05, 0.1) is 0 Å². The average Bonchev–Trinajstić information content (AvgIpc) is 2.03. The van der Waals surface area contributed by atoms with Crippen LogP contribution < -0.4 is 51.4 Å². The van der Waals surface area contributed by atoms with E-state index in [2.05, 4.69) is 6.92 Å². The molecule has 0 aliphatic heterocycles. The predicted molar refractivity (Wildman–Crippen MR) is 50.8 cm³/mol. The molecule has 0 aromatic rings. The van der Waals surface area contributed by atoms with Crippen LogP contribution in [0, 0.1) is 0 Å². The molecule has 0 aliphatic rings. The minimum Gasteiger partial charge on any atom is -1.00 e. The molecule has 70 valence electrons. The molecule has 0 heterocycles. The molecule has 0 radical (unpaired) electrons. The average molecular weight is 198 g/mol. The first-order valence-electron chi connectivity index (χ1n) is 5.02. The molecule has 0 rings (SSSR count).